The minimum atomic E-state index is -0.869. The molecule has 0 radical (unpaired) electrons. The number of ether oxygens (including phenoxy) is 4. The van der Waals surface area contributed by atoms with Crippen LogP contribution in [-0.2, 0) is 17.4 Å². The number of methoxy groups -OCH3 is 2. The van der Waals surface area contributed by atoms with Crippen LogP contribution < -0.4 is 18.9 Å². The molecule has 0 aromatic heterocycles. The summed E-state index contributed by atoms with van der Waals surface area (Å²) in [5.74, 6) is 3.58. The lowest BCUT2D eigenvalue weighted by atomic mass is 9.52. The summed E-state index contributed by atoms with van der Waals surface area (Å²) < 4.78 is 25.1. The summed E-state index contributed by atoms with van der Waals surface area (Å²) in [4.78, 5) is 0. The van der Waals surface area contributed by atoms with Gasteiger partial charge in [0.2, 0.25) is 0 Å². The largest absolute Gasteiger partial charge is 0.497 e. The van der Waals surface area contributed by atoms with Gasteiger partial charge >= 0.3 is 0 Å². The fourth-order valence-corrected chi connectivity index (χ4v) is 10.6. The zero-order valence-corrected chi connectivity index (χ0v) is 29.4. The summed E-state index contributed by atoms with van der Waals surface area (Å²) in [6.45, 7) is 10.6. The lowest BCUT2D eigenvalue weighted by Gasteiger charge is -2.52. The van der Waals surface area contributed by atoms with Crippen molar-refractivity contribution in [3.63, 3.8) is 0 Å². The van der Waals surface area contributed by atoms with Crippen LogP contribution >= 0.6 is 0 Å². The first kappa shape index (κ1) is 30.4. The van der Waals surface area contributed by atoms with Gasteiger partial charge in [-0.15, -0.1) is 0 Å². The fourth-order valence-electron chi connectivity index (χ4n) is 10.6. The van der Waals surface area contributed by atoms with Gasteiger partial charge in [-0.3, -0.25) is 0 Å². The highest BCUT2D eigenvalue weighted by atomic mass is 16.5. The molecule has 0 unspecified atom stereocenters. The van der Waals surface area contributed by atoms with E-state index in [1.165, 1.54) is 45.2 Å². The molecule has 2 aliphatic carbocycles. The van der Waals surface area contributed by atoms with E-state index >= 15 is 0 Å². The second-order valence-corrected chi connectivity index (χ2v) is 16.2. The summed E-state index contributed by atoms with van der Waals surface area (Å²) in [6, 6.07) is 30.3. The van der Waals surface area contributed by atoms with Crippen molar-refractivity contribution < 1.29 is 18.9 Å². The Balaban J connectivity index is 1.39. The lowest BCUT2D eigenvalue weighted by Crippen LogP contribution is -2.44. The average Bonchev–Trinajstić information content (AvgIpc) is 3.68. The number of hydrogen-bond donors (Lipinski definition) is 0. The molecule has 0 atom stereocenters. The Morgan fingerprint density at radius 2 is 1.33 bits per heavy atom. The zero-order chi connectivity index (χ0) is 33.8. The standard InChI is InChI=1S/C45H44O4/c1-42(2)25-43(3,4)27-44(26-42)36-10-8-7-9-32(36)39-38-33-22-24-48-37(33)20-19-34(38)41-35(40(39)44)21-23-45(49-41,28-11-15-30(46-5)16-12-28)29-13-17-31(47-6)18-14-29/h7-21,23H,22,24-27H2,1-6H3. The van der Waals surface area contributed by atoms with Crippen molar-refractivity contribution in [1.82, 2.24) is 0 Å². The third-order valence-electron chi connectivity index (χ3n) is 11.6. The third kappa shape index (κ3) is 4.35. The smallest absolute Gasteiger partial charge is 0.178 e. The average molecular weight is 649 g/mol. The first-order valence-electron chi connectivity index (χ1n) is 17.6. The lowest BCUT2D eigenvalue weighted by molar-refractivity contribution is 0.0642. The van der Waals surface area contributed by atoms with Crippen LogP contribution in [0.3, 0.4) is 0 Å². The Morgan fingerprint density at radius 3 is 1.96 bits per heavy atom. The summed E-state index contributed by atoms with van der Waals surface area (Å²) in [6.07, 6.45) is 8.94. The maximum atomic E-state index is 7.66. The predicted molar refractivity (Wildman–Crippen MR) is 197 cm³/mol. The molecule has 4 aliphatic rings. The molecule has 0 bridgehead atoms. The summed E-state index contributed by atoms with van der Waals surface area (Å²) in [5, 5.41) is 2.44. The van der Waals surface area contributed by atoms with Crippen molar-refractivity contribution in [2.75, 3.05) is 20.8 Å². The van der Waals surface area contributed by atoms with Crippen molar-refractivity contribution in [2.24, 2.45) is 10.8 Å². The van der Waals surface area contributed by atoms with E-state index in [0.717, 1.165) is 58.8 Å². The van der Waals surface area contributed by atoms with Crippen LogP contribution in [0.15, 0.2) is 91.0 Å². The van der Waals surface area contributed by atoms with Gasteiger partial charge in [0.15, 0.2) is 5.60 Å². The van der Waals surface area contributed by atoms with Crippen molar-refractivity contribution in [3.05, 3.63) is 124 Å². The number of benzene rings is 5. The molecule has 4 heteroatoms. The molecule has 1 saturated carbocycles. The van der Waals surface area contributed by atoms with Crippen molar-refractivity contribution in [3.8, 4) is 34.1 Å². The minimum Gasteiger partial charge on any atom is -0.497 e. The molecule has 5 aromatic rings. The molecule has 5 aromatic carbocycles. The maximum Gasteiger partial charge on any atom is 0.178 e. The van der Waals surface area contributed by atoms with Gasteiger partial charge in [0.25, 0.3) is 0 Å². The SMILES string of the molecule is COc1ccc(C2(c3ccc(OC)cc3)C=Cc3c4c(c5c6c(ccc5c3O2)OCC6)-c2ccccc2C42CC(C)(C)CC(C)(C)C2)cc1. The molecule has 0 N–H and O–H groups in total. The Hall–Kier alpha value is -4.70. The fraction of sp³-hybridized carbons (Fsp3) is 0.333. The van der Waals surface area contributed by atoms with Gasteiger partial charge in [-0.25, -0.2) is 0 Å². The summed E-state index contributed by atoms with van der Waals surface area (Å²) in [7, 11) is 3.41. The molecular weight excluding hydrogens is 604 g/mol. The zero-order valence-electron chi connectivity index (χ0n) is 29.4. The van der Waals surface area contributed by atoms with Crippen LogP contribution in [0, 0.1) is 10.8 Å². The molecule has 0 saturated heterocycles. The van der Waals surface area contributed by atoms with E-state index < -0.39 is 5.60 Å². The topological polar surface area (TPSA) is 36.9 Å². The van der Waals surface area contributed by atoms with Crippen LogP contribution in [0.2, 0.25) is 0 Å². The highest BCUT2D eigenvalue weighted by molar-refractivity contribution is 6.11. The van der Waals surface area contributed by atoms with Crippen molar-refractivity contribution in [2.45, 2.75) is 64.4 Å². The Morgan fingerprint density at radius 1 is 0.694 bits per heavy atom. The normalized spacial score (nSPS) is 19.7. The molecule has 9 rings (SSSR count). The molecule has 1 spiro atoms. The van der Waals surface area contributed by atoms with Crippen molar-refractivity contribution >= 4 is 16.8 Å². The number of hydrogen-bond acceptors (Lipinski definition) is 4. The van der Waals surface area contributed by atoms with Gasteiger partial charge < -0.3 is 18.9 Å². The molecule has 0 amide bonds. The van der Waals surface area contributed by atoms with E-state index in [2.05, 4.69) is 101 Å². The predicted octanol–water partition coefficient (Wildman–Crippen LogP) is 10.6. The maximum absolute atomic E-state index is 7.66. The van der Waals surface area contributed by atoms with Crippen LogP contribution in [0.5, 0.6) is 23.0 Å². The number of rotatable bonds is 4. The van der Waals surface area contributed by atoms with Crippen molar-refractivity contribution in [1.29, 1.82) is 0 Å². The second kappa shape index (κ2) is 10.4. The molecule has 4 nitrogen and oxygen atoms in total. The molecular formula is C45H44O4. The summed E-state index contributed by atoms with van der Waals surface area (Å²) >= 11 is 0. The minimum absolute atomic E-state index is 0.147. The van der Waals surface area contributed by atoms with Crippen LogP contribution in [0.25, 0.3) is 28.0 Å². The highest BCUT2D eigenvalue weighted by Gasteiger charge is 2.55. The van der Waals surface area contributed by atoms with Gasteiger partial charge in [0.05, 0.1) is 20.8 Å². The van der Waals surface area contributed by atoms with Crippen LogP contribution in [-0.4, -0.2) is 20.8 Å². The molecule has 1 fully saturated rings. The van der Waals surface area contributed by atoms with Gasteiger partial charge in [0, 0.05) is 44.9 Å². The van der Waals surface area contributed by atoms with E-state index in [9.17, 15) is 0 Å². The summed E-state index contributed by atoms with van der Waals surface area (Å²) in [5.41, 5.74) is 9.55. The van der Waals surface area contributed by atoms with Gasteiger partial charge in [-0.05, 0) is 94.8 Å². The van der Waals surface area contributed by atoms with E-state index in [1.807, 2.05) is 24.3 Å². The van der Waals surface area contributed by atoms with E-state index in [1.54, 1.807) is 14.2 Å². The molecule has 2 aliphatic heterocycles. The Bertz CT molecular complexity index is 2100. The molecule has 2 heterocycles. The van der Waals surface area contributed by atoms with E-state index in [-0.39, 0.29) is 16.2 Å². The van der Waals surface area contributed by atoms with Crippen LogP contribution in [0.4, 0.5) is 0 Å². The highest BCUT2D eigenvalue weighted by Crippen LogP contribution is 2.67. The first-order valence-corrected chi connectivity index (χ1v) is 17.6. The number of fused-ring (bicyclic) bond motifs is 12. The van der Waals surface area contributed by atoms with Gasteiger partial charge in [-0.1, -0.05) is 82.3 Å². The molecule has 49 heavy (non-hydrogen) atoms. The Kier molecular flexibility index (Phi) is 6.45. The van der Waals surface area contributed by atoms with Gasteiger partial charge in [-0.2, -0.15) is 0 Å². The van der Waals surface area contributed by atoms with E-state index in [0.29, 0.717) is 6.61 Å². The van der Waals surface area contributed by atoms with E-state index in [4.69, 9.17) is 18.9 Å². The van der Waals surface area contributed by atoms with Gasteiger partial charge in [0.1, 0.15) is 23.0 Å². The monoisotopic (exact) mass is 648 g/mol. The third-order valence-corrected chi connectivity index (χ3v) is 11.6. The first-order chi connectivity index (χ1) is 23.6. The van der Waals surface area contributed by atoms with Crippen LogP contribution in [0.1, 0.15) is 80.3 Å². The second-order valence-electron chi connectivity index (χ2n) is 16.2. The molecule has 248 valence electrons. The Labute approximate surface area is 289 Å². The quantitative estimate of drug-likeness (QED) is 0.194.